The summed E-state index contributed by atoms with van der Waals surface area (Å²) in [7, 11) is 0. The monoisotopic (exact) mass is 360 g/mol. The van der Waals surface area contributed by atoms with Gasteiger partial charge in [0.25, 0.3) is 0 Å². The Bertz CT molecular complexity index is 661. The molecule has 0 N–H and O–H groups in total. The van der Waals surface area contributed by atoms with Gasteiger partial charge in [0.1, 0.15) is 6.04 Å². The van der Waals surface area contributed by atoms with Gasteiger partial charge in [-0.25, -0.2) is 0 Å². The number of hydrogen-bond donors (Lipinski definition) is 0. The quantitative estimate of drug-likeness (QED) is 0.832. The number of aromatic nitrogens is 2. The van der Waals surface area contributed by atoms with E-state index in [0.29, 0.717) is 24.9 Å². The summed E-state index contributed by atoms with van der Waals surface area (Å²) in [6.07, 6.45) is 3.89. The topological polar surface area (TPSA) is 58.4 Å². The molecule has 0 spiro atoms. The number of carbonyl (C=O) groups is 2. The average molecular weight is 361 g/mol. The van der Waals surface area contributed by atoms with Crippen LogP contribution in [0.1, 0.15) is 57.0 Å². The summed E-state index contributed by atoms with van der Waals surface area (Å²) in [5.41, 5.74) is 1.94. The number of piperidine rings is 2. The van der Waals surface area contributed by atoms with Gasteiger partial charge in [0.05, 0.1) is 5.69 Å². The van der Waals surface area contributed by atoms with Crippen LogP contribution < -0.4 is 0 Å². The van der Waals surface area contributed by atoms with Crippen LogP contribution in [0.25, 0.3) is 0 Å². The van der Waals surface area contributed by atoms with E-state index in [-0.39, 0.29) is 17.9 Å². The van der Waals surface area contributed by atoms with Crippen molar-refractivity contribution in [3.05, 3.63) is 17.5 Å². The van der Waals surface area contributed by atoms with Crippen LogP contribution in [-0.4, -0.2) is 57.6 Å². The first-order chi connectivity index (χ1) is 12.4. The van der Waals surface area contributed by atoms with Crippen molar-refractivity contribution in [1.82, 2.24) is 19.6 Å². The molecule has 0 aliphatic carbocycles. The van der Waals surface area contributed by atoms with Crippen molar-refractivity contribution in [2.24, 2.45) is 11.8 Å². The van der Waals surface area contributed by atoms with E-state index in [2.05, 4.69) is 16.9 Å². The van der Waals surface area contributed by atoms with Gasteiger partial charge in [0.2, 0.25) is 11.8 Å². The van der Waals surface area contributed by atoms with E-state index in [0.717, 1.165) is 43.7 Å². The Morgan fingerprint density at radius 1 is 1.12 bits per heavy atom. The van der Waals surface area contributed by atoms with Crippen LogP contribution in [0.4, 0.5) is 0 Å². The highest BCUT2D eigenvalue weighted by molar-refractivity contribution is 5.82. The minimum Gasteiger partial charge on any atom is -0.342 e. The smallest absolute Gasteiger partial charge is 0.247 e. The Morgan fingerprint density at radius 3 is 2.38 bits per heavy atom. The van der Waals surface area contributed by atoms with Crippen LogP contribution >= 0.6 is 0 Å². The highest BCUT2D eigenvalue weighted by Crippen LogP contribution is 2.25. The average Bonchev–Trinajstić information content (AvgIpc) is 2.98. The normalized spacial score (nSPS) is 23.2. The number of amides is 2. The van der Waals surface area contributed by atoms with Gasteiger partial charge in [-0.15, -0.1) is 0 Å². The molecule has 2 saturated heterocycles. The first-order valence-corrected chi connectivity index (χ1v) is 9.97. The molecule has 6 heteroatoms. The van der Waals surface area contributed by atoms with Crippen molar-refractivity contribution in [2.75, 3.05) is 26.2 Å². The lowest BCUT2D eigenvalue weighted by Crippen LogP contribution is -2.48. The number of aryl methyl sites for hydroxylation is 2. The molecule has 3 rings (SSSR count). The Labute approximate surface area is 156 Å². The van der Waals surface area contributed by atoms with Gasteiger partial charge in [-0.05, 0) is 58.4 Å². The van der Waals surface area contributed by atoms with Crippen molar-refractivity contribution >= 4 is 11.8 Å². The number of carbonyl (C=O) groups excluding carboxylic acids is 2. The zero-order valence-electron chi connectivity index (χ0n) is 16.6. The summed E-state index contributed by atoms with van der Waals surface area (Å²) in [6.45, 7) is 11.2. The number of nitrogens with zero attached hydrogens (tertiary/aromatic N) is 4. The molecule has 2 aliphatic heterocycles. The van der Waals surface area contributed by atoms with Crippen molar-refractivity contribution < 1.29 is 9.59 Å². The van der Waals surface area contributed by atoms with Crippen LogP contribution in [0.2, 0.25) is 0 Å². The van der Waals surface area contributed by atoms with E-state index < -0.39 is 0 Å². The van der Waals surface area contributed by atoms with Crippen molar-refractivity contribution in [3.63, 3.8) is 0 Å². The zero-order valence-corrected chi connectivity index (χ0v) is 16.6. The highest BCUT2D eigenvalue weighted by atomic mass is 16.2. The van der Waals surface area contributed by atoms with Crippen LogP contribution in [0.15, 0.2) is 6.07 Å². The summed E-state index contributed by atoms with van der Waals surface area (Å²) in [6, 6.07) is 1.70. The fourth-order valence-electron chi connectivity index (χ4n) is 4.40. The van der Waals surface area contributed by atoms with Crippen LogP contribution in [0, 0.1) is 25.7 Å². The molecule has 2 fully saturated rings. The second-order valence-electron chi connectivity index (χ2n) is 8.18. The molecule has 144 valence electrons. The van der Waals surface area contributed by atoms with E-state index >= 15 is 0 Å². The maximum Gasteiger partial charge on any atom is 0.247 e. The molecule has 3 heterocycles. The lowest BCUT2D eigenvalue weighted by Gasteiger charge is -2.37. The molecule has 0 aromatic carbocycles. The zero-order chi connectivity index (χ0) is 18.8. The van der Waals surface area contributed by atoms with Gasteiger partial charge in [-0.3, -0.25) is 14.3 Å². The molecule has 0 bridgehead atoms. The Hall–Kier alpha value is -1.85. The minimum absolute atomic E-state index is 0.0772. The maximum absolute atomic E-state index is 12.9. The fourth-order valence-corrected chi connectivity index (χ4v) is 4.40. The van der Waals surface area contributed by atoms with E-state index in [9.17, 15) is 9.59 Å². The van der Waals surface area contributed by atoms with E-state index in [1.165, 1.54) is 6.42 Å². The molecular weight excluding hydrogens is 328 g/mol. The van der Waals surface area contributed by atoms with Crippen molar-refractivity contribution in [2.45, 2.75) is 59.4 Å². The SMILES string of the molecule is Cc1cc(C)n(C(C)C(=O)N2CCC(C(=O)N3CCCC(C)C3)CC2)n1. The van der Waals surface area contributed by atoms with Crippen LogP contribution in [0.5, 0.6) is 0 Å². The third kappa shape index (κ3) is 3.94. The molecule has 26 heavy (non-hydrogen) atoms. The Kier molecular flexibility index (Phi) is 5.68. The molecule has 2 aliphatic rings. The van der Waals surface area contributed by atoms with Gasteiger partial charge < -0.3 is 9.80 Å². The summed E-state index contributed by atoms with van der Waals surface area (Å²) in [5, 5.41) is 4.45. The second kappa shape index (κ2) is 7.80. The molecule has 2 atom stereocenters. The first kappa shape index (κ1) is 18.9. The van der Waals surface area contributed by atoms with Gasteiger partial charge in [0, 0.05) is 37.8 Å². The van der Waals surface area contributed by atoms with E-state index in [4.69, 9.17) is 0 Å². The first-order valence-electron chi connectivity index (χ1n) is 9.97. The predicted octanol–water partition coefficient (Wildman–Crippen LogP) is 2.56. The third-order valence-corrected chi connectivity index (χ3v) is 5.89. The number of rotatable bonds is 3. The second-order valence-corrected chi connectivity index (χ2v) is 8.18. The Balaban J connectivity index is 1.55. The highest BCUT2D eigenvalue weighted by Gasteiger charge is 2.33. The maximum atomic E-state index is 12.9. The molecule has 0 radical (unpaired) electrons. The lowest BCUT2D eigenvalue weighted by atomic mass is 9.92. The predicted molar refractivity (Wildman–Crippen MR) is 101 cm³/mol. The minimum atomic E-state index is -0.293. The van der Waals surface area contributed by atoms with Crippen molar-refractivity contribution in [3.8, 4) is 0 Å². The molecule has 1 aromatic heterocycles. The summed E-state index contributed by atoms with van der Waals surface area (Å²) >= 11 is 0. The van der Waals surface area contributed by atoms with Gasteiger partial charge in [-0.1, -0.05) is 6.92 Å². The van der Waals surface area contributed by atoms with Gasteiger partial charge in [-0.2, -0.15) is 5.10 Å². The fraction of sp³-hybridized carbons (Fsp3) is 0.750. The van der Waals surface area contributed by atoms with Crippen LogP contribution in [-0.2, 0) is 9.59 Å². The summed E-state index contributed by atoms with van der Waals surface area (Å²) < 4.78 is 1.81. The number of hydrogen-bond acceptors (Lipinski definition) is 3. The molecule has 2 unspecified atom stereocenters. The van der Waals surface area contributed by atoms with Crippen LogP contribution in [0.3, 0.4) is 0 Å². The molecule has 2 amide bonds. The lowest BCUT2D eigenvalue weighted by molar-refractivity contribution is -0.143. The molecular formula is C20H32N4O2. The summed E-state index contributed by atoms with van der Waals surface area (Å²) in [5.74, 6) is 1.09. The molecule has 0 saturated carbocycles. The van der Waals surface area contributed by atoms with Crippen molar-refractivity contribution in [1.29, 1.82) is 0 Å². The molecule has 1 aromatic rings. The Morgan fingerprint density at radius 2 is 1.81 bits per heavy atom. The number of likely N-dealkylation sites (tertiary alicyclic amines) is 2. The van der Waals surface area contributed by atoms with E-state index in [1.807, 2.05) is 36.4 Å². The molecule has 6 nitrogen and oxygen atoms in total. The van der Waals surface area contributed by atoms with Gasteiger partial charge in [0.15, 0.2) is 0 Å². The van der Waals surface area contributed by atoms with Gasteiger partial charge >= 0.3 is 0 Å². The standard InChI is InChI=1S/C20H32N4O2/c1-14-6-5-9-23(13-14)20(26)18-7-10-22(11-8-18)19(25)17(4)24-16(3)12-15(2)21-24/h12,14,17-18H,5-11,13H2,1-4H3. The largest absolute Gasteiger partial charge is 0.342 e. The van der Waals surface area contributed by atoms with E-state index in [1.54, 1.807) is 0 Å². The summed E-state index contributed by atoms with van der Waals surface area (Å²) in [4.78, 5) is 29.6. The third-order valence-electron chi connectivity index (χ3n) is 5.89.